The van der Waals surface area contributed by atoms with Crippen molar-refractivity contribution in [3.8, 4) is 0 Å². The van der Waals surface area contributed by atoms with Crippen molar-refractivity contribution < 1.29 is 44.8 Å². The molecule has 0 aromatic heterocycles. The Bertz CT molecular complexity index is 301. The highest BCUT2D eigenvalue weighted by Gasteiger charge is 2.45. The topological polar surface area (TPSA) is 149 Å². The summed E-state index contributed by atoms with van der Waals surface area (Å²) in [7, 11) is 0. The Kier molecular flexibility index (Phi) is 4.71. The third-order valence-electron chi connectivity index (χ3n) is 3.19. The second kappa shape index (κ2) is 5.95. The molecule has 9 heteroatoms. The zero-order chi connectivity index (χ0) is 14.2. The first kappa shape index (κ1) is 15.0. The number of rotatable bonds is 2. The van der Waals surface area contributed by atoms with Crippen LogP contribution in [-0.4, -0.2) is 93.1 Å². The van der Waals surface area contributed by atoms with Gasteiger partial charge in [0.25, 0.3) is 0 Å². The van der Waals surface area contributed by atoms with Crippen molar-refractivity contribution in [3.63, 3.8) is 0 Å². The number of hydrogen-bond donors (Lipinski definition) is 6. The molecule has 112 valence electrons. The van der Waals surface area contributed by atoms with Crippen molar-refractivity contribution in [2.75, 3.05) is 13.2 Å². The molecular formula is C10H18O9. The molecule has 6 N–H and O–H groups in total. The van der Waals surface area contributed by atoms with E-state index in [1.54, 1.807) is 0 Å². The normalized spacial score (nSPS) is 52.1. The van der Waals surface area contributed by atoms with Crippen LogP contribution in [0.25, 0.3) is 0 Å². The monoisotopic (exact) mass is 282 g/mol. The standard InChI is InChI=1S/C10H18O9/c11-3-1-18-10(6(14)5(3)13)19-8-4(12)2-17-9(16)7(8)15/h3-16H,1-2H2/t3-,4-,5+,6-,7-,8-,9+,10+/m1/s1. The Morgan fingerprint density at radius 2 is 1.37 bits per heavy atom. The lowest BCUT2D eigenvalue weighted by atomic mass is 10.0. The molecule has 0 aromatic rings. The van der Waals surface area contributed by atoms with Crippen LogP contribution in [0.2, 0.25) is 0 Å². The summed E-state index contributed by atoms with van der Waals surface area (Å²) in [6, 6.07) is 0. The molecule has 0 aliphatic carbocycles. The lowest BCUT2D eigenvalue weighted by Crippen LogP contribution is -2.60. The summed E-state index contributed by atoms with van der Waals surface area (Å²) in [5.41, 5.74) is 0. The molecule has 2 rings (SSSR count). The third-order valence-corrected chi connectivity index (χ3v) is 3.19. The maximum Gasteiger partial charge on any atom is 0.186 e. The van der Waals surface area contributed by atoms with E-state index >= 15 is 0 Å². The largest absolute Gasteiger partial charge is 0.388 e. The van der Waals surface area contributed by atoms with Gasteiger partial charge in [-0.1, -0.05) is 0 Å². The maximum atomic E-state index is 9.66. The minimum Gasteiger partial charge on any atom is -0.388 e. The van der Waals surface area contributed by atoms with Crippen LogP contribution in [0.3, 0.4) is 0 Å². The average Bonchev–Trinajstić information content (AvgIpc) is 2.39. The van der Waals surface area contributed by atoms with Gasteiger partial charge in [0.05, 0.1) is 13.2 Å². The first-order chi connectivity index (χ1) is 8.91. The summed E-state index contributed by atoms with van der Waals surface area (Å²) in [6.45, 7) is -0.516. The van der Waals surface area contributed by atoms with E-state index in [2.05, 4.69) is 4.74 Å². The molecule has 2 aliphatic heterocycles. The predicted molar refractivity (Wildman–Crippen MR) is 56.6 cm³/mol. The van der Waals surface area contributed by atoms with Gasteiger partial charge in [-0.05, 0) is 0 Å². The molecule has 2 saturated heterocycles. The SMILES string of the molecule is O[C@@H]1[C@@H](O)[C@H](O[C@H]2[C@@H](O)[C@@H](O)OC[C@H]2O)OC[C@H]1O. The van der Waals surface area contributed by atoms with Crippen LogP contribution in [-0.2, 0) is 14.2 Å². The van der Waals surface area contributed by atoms with Gasteiger partial charge in [0.2, 0.25) is 0 Å². The molecule has 9 nitrogen and oxygen atoms in total. The fourth-order valence-electron chi connectivity index (χ4n) is 2.01. The molecular weight excluding hydrogens is 264 g/mol. The van der Waals surface area contributed by atoms with E-state index in [0.717, 1.165) is 0 Å². The minimum absolute atomic E-state index is 0.253. The second-order valence-corrected chi connectivity index (χ2v) is 4.63. The van der Waals surface area contributed by atoms with Crippen molar-refractivity contribution in [1.82, 2.24) is 0 Å². The van der Waals surface area contributed by atoms with Gasteiger partial charge in [0.15, 0.2) is 12.6 Å². The highest BCUT2D eigenvalue weighted by Crippen LogP contribution is 2.23. The average molecular weight is 282 g/mol. The van der Waals surface area contributed by atoms with Crippen LogP contribution in [0.15, 0.2) is 0 Å². The lowest BCUT2D eigenvalue weighted by molar-refractivity contribution is -0.329. The quantitative estimate of drug-likeness (QED) is 0.297. The van der Waals surface area contributed by atoms with Crippen molar-refractivity contribution in [2.24, 2.45) is 0 Å². The van der Waals surface area contributed by atoms with Gasteiger partial charge in [-0.3, -0.25) is 0 Å². The van der Waals surface area contributed by atoms with Crippen LogP contribution in [0.1, 0.15) is 0 Å². The summed E-state index contributed by atoms with van der Waals surface area (Å²) >= 11 is 0. The van der Waals surface area contributed by atoms with E-state index in [1.807, 2.05) is 0 Å². The fourth-order valence-corrected chi connectivity index (χ4v) is 2.01. The molecule has 19 heavy (non-hydrogen) atoms. The Hall–Kier alpha value is -0.360. The molecule has 0 amide bonds. The van der Waals surface area contributed by atoms with E-state index in [9.17, 15) is 30.6 Å². The van der Waals surface area contributed by atoms with Gasteiger partial charge in [-0.25, -0.2) is 0 Å². The van der Waals surface area contributed by atoms with Gasteiger partial charge >= 0.3 is 0 Å². The smallest absolute Gasteiger partial charge is 0.186 e. The number of aliphatic hydroxyl groups is 6. The van der Waals surface area contributed by atoms with E-state index in [0.29, 0.717) is 0 Å². The summed E-state index contributed by atoms with van der Waals surface area (Å²) in [6.07, 6.45) is -11.1. The molecule has 8 atom stereocenters. The molecule has 2 aliphatic rings. The van der Waals surface area contributed by atoms with Gasteiger partial charge < -0.3 is 44.8 Å². The molecule has 0 saturated carbocycles. The molecule has 0 unspecified atom stereocenters. The molecule has 0 spiro atoms. The zero-order valence-electron chi connectivity index (χ0n) is 9.94. The van der Waals surface area contributed by atoms with Gasteiger partial charge in [-0.15, -0.1) is 0 Å². The Labute approximate surface area is 108 Å². The number of ether oxygens (including phenoxy) is 3. The Balaban J connectivity index is 1.99. The van der Waals surface area contributed by atoms with Gasteiger partial charge in [-0.2, -0.15) is 0 Å². The predicted octanol–water partition coefficient (Wildman–Crippen LogP) is -4.12. The fraction of sp³-hybridized carbons (Fsp3) is 1.00. The number of hydrogen-bond acceptors (Lipinski definition) is 9. The van der Waals surface area contributed by atoms with Crippen LogP contribution in [0.4, 0.5) is 0 Å². The molecule has 2 fully saturated rings. The van der Waals surface area contributed by atoms with Gasteiger partial charge in [0, 0.05) is 0 Å². The Morgan fingerprint density at radius 3 is 2.05 bits per heavy atom. The second-order valence-electron chi connectivity index (χ2n) is 4.63. The summed E-state index contributed by atoms with van der Waals surface area (Å²) in [4.78, 5) is 0. The summed E-state index contributed by atoms with van der Waals surface area (Å²) in [5, 5.41) is 57.0. The van der Waals surface area contributed by atoms with Crippen LogP contribution < -0.4 is 0 Å². The van der Waals surface area contributed by atoms with E-state index < -0.39 is 49.2 Å². The third kappa shape index (κ3) is 3.05. The summed E-state index contributed by atoms with van der Waals surface area (Å²) < 4.78 is 14.8. The lowest BCUT2D eigenvalue weighted by Gasteiger charge is -2.41. The highest BCUT2D eigenvalue weighted by molar-refractivity contribution is 4.87. The van der Waals surface area contributed by atoms with Gasteiger partial charge in [0.1, 0.15) is 36.6 Å². The van der Waals surface area contributed by atoms with E-state index in [4.69, 9.17) is 9.47 Å². The van der Waals surface area contributed by atoms with Crippen LogP contribution in [0.5, 0.6) is 0 Å². The molecule has 2 heterocycles. The van der Waals surface area contributed by atoms with Crippen molar-refractivity contribution in [1.29, 1.82) is 0 Å². The van der Waals surface area contributed by atoms with E-state index in [-0.39, 0.29) is 13.2 Å². The summed E-state index contributed by atoms with van der Waals surface area (Å²) in [5.74, 6) is 0. The molecule has 0 bridgehead atoms. The van der Waals surface area contributed by atoms with Crippen molar-refractivity contribution in [3.05, 3.63) is 0 Å². The van der Waals surface area contributed by atoms with Crippen LogP contribution in [0, 0.1) is 0 Å². The number of aliphatic hydroxyl groups excluding tert-OH is 6. The first-order valence-electron chi connectivity index (χ1n) is 5.89. The highest BCUT2D eigenvalue weighted by atomic mass is 16.7. The van der Waals surface area contributed by atoms with E-state index in [1.165, 1.54) is 0 Å². The molecule has 0 aromatic carbocycles. The minimum atomic E-state index is -1.54. The maximum absolute atomic E-state index is 9.66. The molecule has 0 radical (unpaired) electrons. The Morgan fingerprint density at radius 1 is 0.737 bits per heavy atom. The first-order valence-corrected chi connectivity index (χ1v) is 5.89. The van der Waals surface area contributed by atoms with Crippen molar-refractivity contribution in [2.45, 2.75) is 49.2 Å². The zero-order valence-corrected chi connectivity index (χ0v) is 9.94. The van der Waals surface area contributed by atoms with Crippen molar-refractivity contribution >= 4 is 0 Å². The van der Waals surface area contributed by atoms with Crippen LogP contribution >= 0.6 is 0 Å².